The number of amides is 1. The zero-order valence-electron chi connectivity index (χ0n) is 13.0. The van der Waals surface area contributed by atoms with E-state index in [1.54, 1.807) is 0 Å². The molecule has 1 fully saturated rings. The molecule has 2 N–H and O–H groups in total. The van der Waals surface area contributed by atoms with Crippen LogP contribution in [0.4, 0.5) is 0 Å². The van der Waals surface area contributed by atoms with Crippen LogP contribution in [0.1, 0.15) is 65.2 Å². The second-order valence-electron chi connectivity index (χ2n) is 6.59. The summed E-state index contributed by atoms with van der Waals surface area (Å²) in [6.45, 7) is 5.02. The van der Waals surface area contributed by atoms with Gasteiger partial charge in [0.1, 0.15) is 0 Å². The second-order valence-corrected chi connectivity index (χ2v) is 6.59. The molecule has 19 heavy (non-hydrogen) atoms. The number of rotatable bonds is 6. The van der Waals surface area contributed by atoms with E-state index in [0.29, 0.717) is 36.8 Å². The lowest BCUT2D eigenvalue weighted by atomic mass is 9.93. The van der Waals surface area contributed by atoms with Crippen molar-refractivity contribution in [1.29, 1.82) is 0 Å². The lowest BCUT2D eigenvalue weighted by Gasteiger charge is -2.29. The molecule has 1 saturated carbocycles. The molecule has 0 radical (unpaired) electrons. The first kappa shape index (κ1) is 16.5. The third kappa shape index (κ3) is 5.94. The Hall–Kier alpha value is -0.570. The number of nitrogens with two attached hydrogens (primary N) is 1. The molecular formula is C16H32N2O. The minimum absolute atomic E-state index is 0.294. The predicted octanol–water partition coefficient (Wildman–Crippen LogP) is 3.18. The van der Waals surface area contributed by atoms with E-state index in [2.05, 4.69) is 13.8 Å². The van der Waals surface area contributed by atoms with Gasteiger partial charge in [-0.05, 0) is 37.6 Å². The van der Waals surface area contributed by atoms with E-state index in [1.165, 1.54) is 38.5 Å². The topological polar surface area (TPSA) is 46.3 Å². The average Bonchev–Trinajstić information content (AvgIpc) is 2.65. The predicted molar refractivity (Wildman–Crippen MR) is 80.9 cm³/mol. The van der Waals surface area contributed by atoms with Crippen LogP contribution in [0.25, 0.3) is 0 Å². The molecule has 1 rings (SSSR count). The first-order valence-corrected chi connectivity index (χ1v) is 8.00. The molecule has 0 spiro atoms. The van der Waals surface area contributed by atoms with E-state index in [0.717, 1.165) is 6.42 Å². The standard InChI is InChI=1S/C16H32N2O/c1-13(2)10-14(12-17)11-16(19)18(3)15-8-6-4-5-7-9-15/h13-15H,4-12,17H2,1-3H3/t14-/m0/s1. The molecule has 0 bridgehead atoms. The Morgan fingerprint density at radius 1 is 1.21 bits per heavy atom. The Morgan fingerprint density at radius 3 is 2.26 bits per heavy atom. The Bertz CT molecular complexity index is 257. The molecule has 0 aliphatic heterocycles. The van der Waals surface area contributed by atoms with Crippen LogP contribution in [0.15, 0.2) is 0 Å². The van der Waals surface area contributed by atoms with E-state index in [9.17, 15) is 4.79 Å². The maximum absolute atomic E-state index is 12.4. The Labute approximate surface area is 118 Å². The van der Waals surface area contributed by atoms with Crippen molar-refractivity contribution < 1.29 is 4.79 Å². The first-order chi connectivity index (χ1) is 9.04. The van der Waals surface area contributed by atoms with Gasteiger partial charge in [0.05, 0.1) is 0 Å². The zero-order chi connectivity index (χ0) is 14.3. The van der Waals surface area contributed by atoms with Gasteiger partial charge < -0.3 is 10.6 Å². The maximum atomic E-state index is 12.4. The van der Waals surface area contributed by atoms with Gasteiger partial charge in [-0.15, -0.1) is 0 Å². The Morgan fingerprint density at radius 2 is 1.79 bits per heavy atom. The largest absolute Gasteiger partial charge is 0.343 e. The quantitative estimate of drug-likeness (QED) is 0.752. The Kier molecular flexibility index (Phi) is 7.44. The van der Waals surface area contributed by atoms with Crippen LogP contribution in [-0.4, -0.2) is 30.4 Å². The van der Waals surface area contributed by atoms with Crippen molar-refractivity contribution in [1.82, 2.24) is 4.90 Å². The SMILES string of the molecule is CC(C)C[C@H](CN)CC(=O)N(C)C1CCCCCC1. The van der Waals surface area contributed by atoms with E-state index in [1.807, 2.05) is 11.9 Å². The molecule has 1 aliphatic rings. The summed E-state index contributed by atoms with van der Waals surface area (Å²) in [6, 6.07) is 0.465. The van der Waals surface area contributed by atoms with Crippen LogP contribution in [0.3, 0.4) is 0 Å². The molecule has 0 aromatic heterocycles. The highest BCUT2D eigenvalue weighted by atomic mass is 16.2. The van der Waals surface area contributed by atoms with Gasteiger partial charge >= 0.3 is 0 Å². The molecule has 1 aliphatic carbocycles. The highest BCUT2D eigenvalue weighted by Crippen LogP contribution is 2.23. The molecule has 1 amide bonds. The highest BCUT2D eigenvalue weighted by molar-refractivity contribution is 5.76. The van der Waals surface area contributed by atoms with E-state index in [-0.39, 0.29) is 0 Å². The highest BCUT2D eigenvalue weighted by Gasteiger charge is 2.23. The summed E-state index contributed by atoms with van der Waals surface area (Å²) in [5.41, 5.74) is 5.80. The van der Waals surface area contributed by atoms with Gasteiger partial charge in [0.2, 0.25) is 5.91 Å². The Balaban J connectivity index is 2.45. The minimum atomic E-state index is 0.294. The van der Waals surface area contributed by atoms with Gasteiger partial charge in [-0.3, -0.25) is 4.79 Å². The minimum Gasteiger partial charge on any atom is -0.343 e. The van der Waals surface area contributed by atoms with Crippen molar-refractivity contribution in [2.24, 2.45) is 17.6 Å². The summed E-state index contributed by atoms with van der Waals surface area (Å²) in [4.78, 5) is 14.4. The van der Waals surface area contributed by atoms with Gasteiger partial charge in [0.15, 0.2) is 0 Å². The van der Waals surface area contributed by atoms with Crippen LogP contribution in [0.2, 0.25) is 0 Å². The van der Waals surface area contributed by atoms with Gasteiger partial charge in [-0.25, -0.2) is 0 Å². The van der Waals surface area contributed by atoms with E-state index in [4.69, 9.17) is 5.73 Å². The van der Waals surface area contributed by atoms with Gasteiger partial charge in [0.25, 0.3) is 0 Å². The molecule has 0 heterocycles. The summed E-state index contributed by atoms with van der Waals surface area (Å²) in [5, 5.41) is 0. The lowest BCUT2D eigenvalue weighted by molar-refractivity contribution is -0.133. The number of nitrogens with zero attached hydrogens (tertiary/aromatic N) is 1. The molecule has 0 unspecified atom stereocenters. The van der Waals surface area contributed by atoms with Gasteiger partial charge in [0, 0.05) is 19.5 Å². The number of hydrogen-bond donors (Lipinski definition) is 1. The van der Waals surface area contributed by atoms with Crippen molar-refractivity contribution in [2.75, 3.05) is 13.6 Å². The normalized spacial score (nSPS) is 19.2. The molecule has 1 atom stereocenters. The van der Waals surface area contributed by atoms with E-state index >= 15 is 0 Å². The number of hydrogen-bond acceptors (Lipinski definition) is 2. The average molecular weight is 268 g/mol. The van der Waals surface area contributed by atoms with Crippen molar-refractivity contribution in [3.05, 3.63) is 0 Å². The molecule has 0 saturated heterocycles. The number of carbonyl (C=O) groups is 1. The van der Waals surface area contributed by atoms with Crippen LogP contribution >= 0.6 is 0 Å². The summed E-state index contributed by atoms with van der Waals surface area (Å²) in [7, 11) is 1.99. The summed E-state index contributed by atoms with van der Waals surface area (Å²) < 4.78 is 0. The first-order valence-electron chi connectivity index (χ1n) is 8.00. The fraction of sp³-hybridized carbons (Fsp3) is 0.938. The summed E-state index contributed by atoms with van der Waals surface area (Å²) in [6.07, 6.45) is 9.25. The monoisotopic (exact) mass is 268 g/mol. The van der Waals surface area contributed by atoms with Gasteiger partial charge in [-0.1, -0.05) is 39.5 Å². The van der Waals surface area contributed by atoms with Crippen molar-refractivity contribution in [2.45, 2.75) is 71.3 Å². The lowest BCUT2D eigenvalue weighted by Crippen LogP contribution is -2.38. The summed E-state index contributed by atoms with van der Waals surface area (Å²) >= 11 is 0. The molecule has 112 valence electrons. The van der Waals surface area contributed by atoms with Crippen LogP contribution in [0, 0.1) is 11.8 Å². The number of carbonyl (C=O) groups excluding carboxylic acids is 1. The maximum Gasteiger partial charge on any atom is 0.222 e. The van der Waals surface area contributed by atoms with Crippen molar-refractivity contribution >= 4 is 5.91 Å². The molecular weight excluding hydrogens is 236 g/mol. The van der Waals surface area contributed by atoms with Crippen LogP contribution < -0.4 is 5.73 Å². The van der Waals surface area contributed by atoms with Crippen LogP contribution in [0.5, 0.6) is 0 Å². The van der Waals surface area contributed by atoms with Crippen molar-refractivity contribution in [3.63, 3.8) is 0 Å². The molecule has 3 nitrogen and oxygen atoms in total. The van der Waals surface area contributed by atoms with Gasteiger partial charge in [-0.2, -0.15) is 0 Å². The third-order valence-electron chi connectivity index (χ3n) is 4.37. The fourth-order valence-corrected chi connectivity index (χ4v) is 3.17. The zero-order valence-corrected chi connectivity index (χ0v) is 13.0. The van der Waals surface area contributed by atoms with Crippen molar-refractivity contribution in [3.8, 4) is 0 Å². The van der Waals surface area contributed by atoms with E-state index < -0.39 is 0 Å². The molecule has 3 heteroatoms. The molecule has 0 aromatic carbocycles. The summed E-state index contributed by atoms with van der Waals surface area (Å²) in [5.74, 6) is 1.26. The third-order valence-corrected chi connectivity index (χ3v) is 4.37. The molecule has 0 aromatic rings. The smallest absolute Gasteiger partial charge is 0.222 e. The second kappa shape index (κ2) is 8.57. The fourth-order valence-electron chi connectivity index (χ4n) is 3.17. The van der Waals surface area contributed by atoms with Crippen LogP contribution in [-0.2, 0) is 4.79 Å².